The molecule has 2 aromatic carbocycles. The number of aromatic nitrogens is 4. The molecule has 0 unspecified atom stereocenters. The van der Waals surface area contributed by atoms with Gasteiger partial charge < -0.3 is 9.97 Å². The Morgan fingerprint density at radius 1 is 0.622 bits per heavy atom. The fourth-order valence-corrected chi connectivity index (χ4v) is 6.71. The summed E-state index contributed by atoms with van der Waals surface area (Å²) in [7, 11) is 0. The van der Waals surface area contributed by atoms with E-state index in [1.54, 1.807) is 24.3 Å². The summed E-state index contributed by atoms with van der Waals surface area (Å²) in [6.45, 7) is 12.7. The van der Waals surface area contributed by atoms with E-state index in [0.29, 0.717) is 27.8 Å². The van der Waals surface area contributed by atoms with Crippen molar-refractivity contribution in [1.29, 1.82) is 0 Å². The Hall–Kier alpha value is -4.48. The zero-order valence-corrected chi connectivity index (χ0v) is 29.3. The van der Waals surface area contributed by atoms with Crippen molar-refractivity contribution in [2.24, 2.45) is 0 Å². The smallest absolute Gasteiger partial charge is 0.657 e. The van der Waals surface area contributed by atoms with Crippen LogP contribution in [-0.4, -0.2) is 21.5 Å². The number of hydrogen-bond donors (Lipinski definition) is 0. The first-order chi connectivity index (χ1) is 21.0. The second-order valence-corrected chi connectivity index (χ2v) is 12.9. The van der Waals surface area contributed by atoms with Crippen molar-refractivity contribution in [3.8, 4) is 0 Å². The molecule has 0 fully saturated rings. The molecule has 0 atom stereocenters. The molecule has 0 N–H and O–H groups in total. The number of rotatable bonds is 0. The van der Waals surface area contributed by atoms with Crippen molar-refractivity contribution in [2.45, 2.75) is 53.4 Å². The van der Waals surface area contributed by atoms with Gasteiger partial charge in [-0.15, -0.1) is 22.1 Å². The minimum Gasteiger partial charge on any atom is -0.657 e. The molecule has 2 aliphatic heterocycles. The topological polar surface area (TPSA) is 88.1 Å². The van der Waals surface area contributed by atoms with Crippen LogP contribution in [0.4, 0.5) is 0 Å². The molecule has 0 spiro atoms. The predicted octanol–water partition coefficient (Wildman–Crippen LogP) is 7.59. The summed E-state index contributed by atoms with van der Waals surface area (Å²) in [5.74, 6) is -0.292. The van der Waals surface area contributed by atoms with Crippen molar-refractivity contribution in [3.63, 3.8) is 0 Å². The van der Waals surface area contributed by atoms with Crippen LogP contribution in [0.5, 0.6) is 0 Å². The molecule has 45 heavy (non-hydrogen) atoms. The Bertz CT molecular complexity index is 2370. The van der Waals surface area contributed by atoms with Gasteiger partial charge in [-0.2, -0.15) is 0 Å². The van der Waals surface area contributed by atoms with Crippen LogP contribution < -0.4 is 9.97 Å². The monoisotopic (exact) mass is 638 g/mol. The SMILES string of the molecule is CC1=C(C)c2cc3[n-]c(cc4nc(cc5[n-]c(cc1n2)c(C)c5C)CC4(C)C)c1cc2c(cc31)C(=O)c1ccccc1C2=O.[Zn+2]. The molecule has 0 amide bonds. The van der Waals surface area contributed by atoms with E-state index in [0.717, 1.165) is 78.8 Å². The molecule has 5 aromatic rings. The first-order valence-corrected chi connectivity index (χ1v) is 14.9. The molecule has 216 valence electrons. The van der Waals surface area contributed by atoms with Crippen LogP contribution in [0.3, 0.4) is 0 Å². The average Bonchev–Trinajstić information content (AvgIpc) is 3.65. The molecule has 3 aromatic heterocycles. The van der Waals surface area contributed by atoms with E-state index in [2.05, 4.69) is 53.7 Å². The third kappa shape index (κ3) is 4.32. The van der Waals surface area contributed by atoms with E-state index in [1.165, 1.54) is 0 Å². The summed E-state index contributed by atoms with van der Waals surface area (Å²) in [4.78, 5) is 47.5. The Balaban J connectivity index is 0.00000325. The zero-order valence-electron chi connectivity index (χ0n) is 26.3. The molecule has 8 rings (SSSR count). The second kappa shape index (κ2) is 10.0. The van der Waals surface area contributed by atoms with Gasteiger partial charge in [0.15, 0.2) is 11.6 Å². The van der Waals surface area contributed by atoms with Crippen LogP contribution in [-0.2, 0) is 31.3 Å². The van der Waals surface area contributed by atoms with Gasteiger partial charge in [0.05, 0.1) is 11.4 Å². The average molecular weight is 640 g/mol. The van der Waals surface area contributed by atoms with Crippen LogP contribution in [0.25, 0.3) is 44.0 Å². The number of aryl methyl sites for hydroxylation is 2. The third-order valence-electron chi connectivity index (χ3n) is 9.70. The standard InChI is InChI=1S/C38H32N4O2.Zn/c1-18-19(2)30-14-31-20(3)21(4)32(41-31)15-33-25-12-27-28(37(44)24-10-8-7-9-23(24)36(27)43)13-26(25)34(42-33)16-35-38(5,6)17-22(39-35)11-29(18)40-30;/h7-16H,17H2,1-6H3,(H2,39,40,41,42,43,44);/q;+2/p-2. The minimum absolute atomic E-state index is 0. The Kier molecular flexibility index (Phi) is 6.51. The van der Waals surface area contributed by atoms with Gasteiger partial charge in [0, 0.05) is 45.5 Å². The van der Waals surface area contributed by atoms with Gasteiger partial charge >= 0.3 is 19.5 Å². The number of carbonyl (C=O) groups is 2. The van der Waals surface area contributed by atoms with Crippen molar-refractivity contribution >= 4 is 55.6 Å². The normalized spacial score (nSPS) is 15.2. The fraction of sp³-hybridized carbons (Fsp3) is 0.211. The predicted molar refractivity (Wildman–Crippen MR) is 174 cm³/mol. The van der Waals surface area contributed by atoms with Crippen LogP contribution in [0, 0.1) is 13.8 Å². The summed E-state index contributed by atoms with van der Waals surface area (Å²) >= 11 is 0. The van der Waals surface area contributed by atoms with Gasteiger partial charge in [-0.3, -0.25) is 14.6 Å². The molecular formula is C38H30N4O2Zn. The first kappa shape index (κ1) is 29.2. The summed E-state index contributed by atoms with van der Waals surface area (Å²) in [6, 6.07) is 18.9. The maximum absolute atomic E-state index is 13.7. The van der Waals surface area contributed by atoms with E-state index in [9.17, 15) is 9.59 Å². The Morgan fingerprint density at radius 3 is 1.69 bits per heavy atom. The van der Waals surface area contributed by atoms with Gasteiger partial charge in [-0.1, -0.05) is 73.5 Å². The van der Waals surface area contributed by atoms with E-state index in [4.69, 9.17) is 19.9 Å². The summed E-state index contributed by atoms with van der Waals surface area (Å²) in [5, 5.41) is 1.63. The van der Waals surface area contributed by atoms with E-state index >= 15 is 0 Å². The molecule has 0 saturated carbocycles. The maximum atomic E-state index is 13.7. The molecule has 6 nitrogen and oxygen atoms in total. The number of carbonyl (C=O) groups excluding carboxylic acids is 2. The zero-order chi connectivity index (χ0) is 30.7. The van der Waals surface area contributed by atoms with Crippen LogP contribution in [0.2, 0.25) is 0 Å². The molecule has 3 aliphatic rings. The van der Waals surface area contributed by atoms with Crippen LogP contribution in [0.1, 0.15) is 93.4 Å². The van der Waals surface area contributed by atoms with E-state index < -0.39 is 0 Å². The van der Waals surface area contributed by atoms with Gasteiger partial charge in [0.25, 0.3) is 0 Å². The van der Waals surface area contributed by atoms with Crippen molar-refractivity contribution in [1.82, 2.24) is 19.9 Å². The number of allylic oxidation sites excluding steroid dienone is 2. The molecule has 7 heteroatoms. The fourth-order valence-electron chi connectivity index (χ4n) is 6.71. The first-order valence-electron chi connectivity index (χ1n) is 14.9. The summed E-state index contributed by atoms with van der Waals surface area (Å²) in [6.07, 6.45) is 0.770. The molecule has 0 saturated heterocycles. The van der Waals surface area contributed by atoms with Crippen LogP contribution in [0.15, 0.2) is 60.7 Å². The van der Waals surface area contributed by atoms with Crippen molar-refractivity contribution in [3.05, 3.63) is 117 Å². The third-order valence-corrected chi connectivity index (χ3v) is 9.70. The van der Waals surface area contributed by atoms with Gasteiger partial charge in [0.2, 0.25) is 0 Å². The number of hydrogen-bond acceptors (Lipinski definition) is 4. The molecule has 8 bridgehead atoms. The summed E-state index contributed by atoms with van der Waals surface area (Å²) < 4.78 is 0. The molecule has 1 aliphatic carbocycles. The molecule has 5 heterocycles. The van der Waals surface area contributed by atoms with Gasteiger partial charge in [-0.25, -0.2) is 4.98 Å². The maximum Gasteiger partial charge on any atom is 2.00 e. The number of fused-ring (bicyclic) bond motifs is 13. The Morgan fingerprint density at radius 2 is 1.11 bits per heavy atom. The van der Waals surface area contributed by atoms with E-state index in [1.807, 2.05) is 24.3 Å². The second-order valence-electron chi connectivity index (χ2n) is 12.9. The van der Waals surface area contributed by atoms with Crippen LogP contribution >= 0.6 is 0 Å². The molecule has 0 radical (unpaired) electrons. The number of ketones is 2. The van der Waals surface area contributed by atoms with Gasteiger partial charge in [0.1, 0.15) is 0 Å². The van der Waals surface area contributed by atoms with Crippen molar-refractivity contribution in [2.75, 3.05) is 0 Å². The number of benzene rings is 2. The Labute approximate surface area is 273 Å². The van der Waals surface area contributed by atoms with Crippen molar-refractivity contribution < 1.29 is 29.1 Å². The van der Waals surface area contributed by atoms with Gasteiger partial charge in [-0.05, 0) is 61.7 Å². The quantitative estimate of drug-likeness (QED) is 0.159. The number of nitrogens with zero attached hydrogens (tertiary/aromatic N) is 4. The minimum atomic E-state index is -0.228. The molecular weight excluding hydrogens is 610 g/mol. The summed E-state index contributed by atoms with van der Waals surface area (Å²) in [5.41, 5.74) is 12.8. The largest absolute Gasteiger partial charge is 2.00 e. The van der Waals surface area contributed by atoms with E-state index in [-0.39, 0.29) is 36.5 Å².